The quantitative estimate of drug-likeness (QED) is 0.846. The molecule has 21 heavy (non-hydrogen) atoms. The van der Waals surface area contributed by atoms with Crippen molar-refractivity contribution in [3.05, 3.63) is 29.2 Å². The highest BCUT2D eigenvalue weighted by molar-refractivity contribution is 5.03. The van der Waals surface area contributed by atoms with E-state index in [0.29, 0.717) is 11.7 Å². The highest BCUT2D eigenvalue weighted by Gasteiger charge is 2.25. The first-order valence-corrected chi connectivity index (χ1v) is 7.30. The van der Waals surface area contributed by atoms with Gasteiger partial charge in [0.05, 0.1) is 18.3 Å². The maximum absolute atomic E-state index is 5.27. The van der Waals surface area contributed by atoms with Gasteiger partial charge in [0, 0.05) is 32.2 Å². The van der Waals surface area contributed by atoms with Crippen molar-refractivity contribution in [3.63, 3.8) is 0 Å². The average Bonchev–Trinajstić information content (AvgIpc) is 3.08. The summed E-state index contributed by atoms with van der Waals surface area (Å²) in [6, 6.07) is 2.16. The van der Waals surface area contributed by atoms with Gasteiger partial charge in [0.1, 0.15) is 0 Å². The van der Waals surface area contributed by atoms with E-state index in [1.54, 1.807) is 0 Å². The second kappa shape index (κ2) is 5.95. The van der Waals surface area contributed by atoms with E-state index in [2.05, 4.69) is 32.0 Å². The van der Waals surface area contributed by atoms with Crippen molar-refractivity contribution >= 4 is 0 Å². The summed E-state index contributed by atoms with van der Waals surface area (Å²) in [6.45, 7) is 10.7. The van der Waals surface area contributed by atoms with Crippen molar-refractivity contribution in [2.45, 2.75) is 33.4 Å². The second-order valence-corrected chi connectivity index (χ2v) is 5.60. The Morgan fingerprint density at radius 3 is 2.48 bits per heavy atom. The van der Waals surface area contributed by atoms with Crippen molar-refractivity contribution in [2.75, 3.05) is 26.2 Å². The number of aryl methyl sites for hydroxylation is 2. The molecule has 1 saturated heterocycles. The molecule has 1 aliphatic rings. The number of piperazine rings is 1. The van der Waals surface area contributed by atoms with Crippen LogP contribution in [0.1, 0.15) is 36.1 Å². The first-order chi connectivity index (χ1) is 10.1. The molecule has 0 saturated carbocycles. The lowest BCUT2D eigenvalue weighted by Gasteiger charge is -2.36. The fraction of sp³-hybridized carbons (Fsp3) is 0.643. The summed E-state index contributed by atoms with van der Waals surface area (Å²) in [4.78, 5) is 9.07. The van der Waals surface area contributed by atoms with Gasteiger partial charge < -0.3 is 9.05 Å². The molecule has 3 heterocycles. The molecule has 1 atom stereocenters. The molecule has 0 bridgehead atoms. The molecular weight excluding hydrogens is 270 g/mol. The molecular formula is C14H21N5O2. The number of hydrogen-bond acceptors (Lipinski definition) is 7. The summed E-state index contributed by atoms with van der Waals surface area (Å²) in [6.07, 6.45) is 0. The highest BCUT2D eigenvalue weighted by atomic mass is 16.5. The molecule has 114 valence electrons. The zero-order chi connectivity index (χ0) is 14.8. The Labute approximate surface area is 123 Å². The summed E-state index contributed by atoms with van der Waals surface area (Å²) in [7, 11) is 0. The molecule has 1 fully saturated rings. The van der Waals surface area contributed by atoms with E-state index in [-0.39, 0.29) is 6.04 Å². The largest absolute Gasteiger partial charge is 0.360 e. The SMILES string of the molecule is Cc1cc(CN2CCN(C(C)c3nc(C)no3)CC2)on1. The van der Waals surface area contributed by atoms with Gasteiger partial charge in [-0.25, -0.2) is 0 Å². The van der Waals surface area contributed by atoms with Crippen LogP contribution >= 0.6 is 0 Å². The molecule has 0 radical (unpaired) electrons. The van der Waals surface area contributed by atoms with E-state index in [0.717, 1.165) is 44.2 Å². The minimum absolute atomic E-state index is 0.167. The lowest BCUT2D eigenvalue weighted by atomic mass is 10.2. The van der Waals surface area contributed by atoms with Crippen molar-refractivity contribution < 1.29 is 9.05 Å². The molecule has 7 heteroatoms. The fourth-order valence-electron chi connectivity index (χ4n) is 2.66. The summed E-state index contributed by atoms with van der Waals surface area (Å²) in [5, 5.41) is 7.79. The van der Waals surface area contributed by atoms with Crippen LogP contribution in [-0.4, -0.2) is 51.3 Å². The highest BCUT2D eigenvalue weighted by Crippen LogP contribution is 2.20. The van der Waals surface area contributed by atoms with Gasteiger partial charge in [-0.3, -0.25) is 9.80 Å². The van der Waals surface area contributed by atoms with Crippen LogP contribution in [-0.2, 0) is 6.54 Å². The number of hydrogen-bond donors (Lipinski definition) is 0. The topological polar surface area (TPSA) is 71.4 Å². The van der Waals surface area contributed by atoms with E-state index in [4.69, 9.17) is 9.05 Å². The van der Waals surface area contributed by atoms with Crippen LogP contribution < -0.4 is 0 Å². The molecule has 1 unspecified atom stereocenters. The molecule has 0 amide bonds. The molecule has 0 spiro atoms. The third kappa shape index (κ3) is 3.30. The van der Waals surface area contributed by atoms with Crippen LogP contribution in [0.15, 0.2) is 15.1 Å². The lowest BCUT2D eigenvalue weighted by molar-refractivity contribution is 0.0795. The summed E-state index contributed by atoms with van der Waals surface area (Å²) < 4.78 is 10.5. The van der Waals surface area contributed by atoms with Gasteiger partial charge in [-0.1, -0.05) is 10.3 Å². The number of aromatic nitrogens is 3. The number of nitrogens with zero attached hydrogens (tertiary/aromatic N) is 5. The Morgan fingerprint density at radius 2 is 1.90 bits per heavy atom. The molecule has 0 N–H and O–H groups in total. The Bertz CT molecular complexity index is 586. The van der Waals surface area contributed by atoms with Crippen molar-refractivity contribution in [1.82, 2.24) is 25.1 Å². The normalized spacial score (nSPS) is 19.0. The van der Waals surface area contributed by atoms with Crippen LogP contribution in [0.25, 0.3) is 0 Å². The maximum Gasteiger partial charge on any atom is 0.243 e. The predicted octanol–water partition coefficient (Wildman–Crippen LogP) is 1.55. The molecule has 7 nitrogen and oxygen atoms in total. The molecule has 2 aromatic rings. The standard InChI is InChI=1S/C14H21N5O2/c1-10-8-13(20-16-10)9-18-4-6-19(7-5-18)11(2)14-15-12(3)17-21-14/h8,11H,4-7,9H2,1-3H3. The van der Waals surface area contributed by atoms with Gasteiger partial charge >= 0.3 is 0 Å². The average molecular weight is 291 g/mol. The summed E-state index contributed by atoms with van der Waals surface area (Å²) in [5.74, 6) is 2.32. The maximum atomic E-state index is 5.27. The van der Waals surface area contributed by atoms with E-state index in [9.17, 15) is 0 Å². The minimum Gasteiger partial charge on any atom is -0.360 e. The predicted molar refractivity (Wildman–Crippen MR) is 75.5 cm³/mol. The number of rotatable bonds is 4. The van der Waals surface area contributed by atoms with Gasteiger partial charge in [0.25, 0.3) is 0 Å². The zero-order valence-electron chi connectivity index (χ0n) is 12.7. The lowest BCUT2D eigenvalue weighted by Crippen LogP contribution is -2.46. The fourth-order valence-corrected chi connectivity index (χ4v) is 2.66. The monoisotopic (exact) mass is 291 g/mol. The third-order valence-electron chi connectivity index (χ3n) is 3.91. The molecule has 0 aliphatic carbocycles. The first-order valence-electron chi connectivity index (χ1n) is 7.30. The van der Waals surface area contributed by atoms with E-state index in [1.807, 2.05) is 19.9 Å². The van der Waals surface area contributed by atoms with Gasteiger partial charge in [0.15, 0.2) is 11.6 Å². The van der Waals surface area contributed by atoms with Crippen molar-refractivity contribution in [3.8, 4) is 0 Å². The van der Waals surface area contributed by atoms with Gasteiger partial charge in [-0.2, -0.15) is 4.98 Å². The Morgan fingerprint density at radius 1 is 1.14 bits per heavy atom. The van der Waals surface area contributed by atoms with E-state index >= 15 is 0 Å². The van der Waals surface area contributed by atoms with Crippen LogP contribution in [0.3, 0.4) is 0 Å². The van der Waals surface area contributed by atoms with Crippen molar-refractivity contribution in [2.24, 2.45) is 0 Å². The Balaban J connectivity index is 1.52. The van der Waals surface area contributed by atoms with Gasteiger partial charge in [0.2, 0.25) is 5.89 Å². The first kappa shape index (κ1) is 14.2. The molecule has 2 aromatic heterocycles. The van der Waals surface area contributed by atoms with Crippen molar-refractivity contribution in [1.29, 1.82) is 0 Å². The zero-order valence-corrected chi connectivity index (χ0v) is 12.7. The molecule has 1 aliphatic heterocycles. The smallest absolute Gasteiger partial charge is 0.243 e. The summed E-state index contributed by atoms with van der Waals surface area (Å²) in [5.41, 5.74) is 0.934. The van der Waals surface area contributed by atoms with Gasteiger partial charge in [-0.15, -0.1) is 0 Å². The Hall–Kier alpha value is -1.73. The van der Waals surface area contributed by atoms with Crippen LogP contribution in [0.2, 0.25) is 0 Å². The van der Waals surface area contributed by atoms with E-state index < -0.39 is 0 Å². The van der Waals surface area contributed by atoms with Crippen LogP contribution in [0.5, 0.6) is 0 Å². The van der Waals surface area contributed by atoms with Crippen LogP contribution in [0.4, 0.5) is 0 Å². The van der Waals surface area contributed by atoms with Gasteiger partial charge in [-0.05, 0) is 20.8 Å². The molecule has 3 rings (SSSR count). The minimum atomic E-state index is 0.167. The van der Waals surface area contributed by atoms with E-state index in [1.165, 1.54) is 0 Å². The van der Waals surface area contributed by atoms with Crippen LogP contribution in [0, 0.1) is 13.8 Å². The second-order valence-electron chi connectivity index (χ2n) is 5.60. The Kier molecular flexibility index (Phi) is 4.03. The summed E-state index contributed by atoms with van der Waals surface area (Å²) >= 11 is 0. The molecule has 0 aromatic carbocycles. The third-order valence-corrected chi connectivity index (χ3v) is 3.91.